The lowest BCUT2D eigenvalue weighted by atomic mass is 9.82. The Bertz CT molecular complexity index is 1330. The van der Waals surface area contributed by atoms with Gasteiger partial charge in [0.05, 0.1) is 29.6 Å². The Morgan fingerprint density at radius 3 is 1.88 bits per heavy atom. The minimum absolute atomic E-state index is 0.189. The van der Waals surface area contributed by atoms with E-state index in [9.17, 15) is 39.9 Å². The van der Waals surface area contributed by atoms with E-state index in [-0.39, 0.29) is 16.7 Å². The van der Waals surface area contributed by atoms with Crippen LogP contribution in [0.1, 0.15) is 27.6 Å². The zero-order valence-electron chi connectivity index (χ0n) is 22.9. The number of carbonyl (C=O) groups excluding carboxylic acids is 2. The van der Waals surface area contributed by atoms with Crippen LogP contribution in [0.3, 0.4) is 0 Å². The molecule has 2 aliphatic heterocycles. The highest BCUT2D eigenvalue weighted by atomic mass is 16.8. The third kappa shape index (κ3) is 6.00. The molecule has 43 heavy (non-hydrogen) atoms. The molecule has 2 aromatic rings. The maximum Gasteiger partial charge on any atom is 0.338 e. The first-order valence-corrected chi connectivity index (χ1v) is 13.7. The molecule has 2 fully saturated rings. The van der Waals surface area contributed by atoms with Gasteiger partial charge in [-0.15, -0.1) is 0 Å². The van der Waals surface area contributed by atoms with Gasteiger partial charge in [0, 0.05) is 17.8 Å². The zero-order chi connectivity index (χ0) is 30.8. The average molecular weight is 601 g/mol. The molecule has 11 atom stereocenters. The fourth-order valence-electron chi connectivity index (χ4n) is 5.85. The van der Waals surface area contributed by atoms with Crippen molar-refractivity contribution in [1.82, 2.24) is 0 Å². The number of aliphatic carboxylic acids is 1. The molecule has 0 bridgehead atoms. The lowest BCUT2D eigenvalue weighted by Crippen LogP contribution is -2.60. The van der Waals surface area contributed by atoms with Gasteiger partial charge in [-0.3, -0.25) is 0 Å². The Morgan fingerprint density at radius 1 is 0.791 bits per heavy atom. The van der Waals surface area contributed by atoms with Crippen LogP contribution in [0.2, 0.25) is 0 Å². The molecule has 230 valence electrons. The Hall–Kier alpha value is -3.85. The van der Waals surface area contributed by atoms with Crippen LogP contribution >= 0.6 is 0 Å². The molecule has 0 unspecified atom stereocenters. The van der Waals surface area contributed by atoms with Crippen LogP contribution < -0.4 is 0 Å². The normalized spacial score (nSPS) is 35.2. The molecule has 2 aromatic carbocycles. The number of carboxylic acids is 1. The fourth-order valence-corrected chi connectivity index (χ4v) is 5.85. The first kappa shape index (κ1) is 30.6. The minimum atomic E-state index is -1.76. The summed E-state index contributed by atoms with van der Waals surface area (Å²) in [5, 5.41) is 50.6. The van der Waals surface area contributed by atoms with Crippen LogP contribution in [-0.2, 0) is 28.5 Å². The lowest BCUT2D eigenvalue weighted by Gasteiger charge is -2.43. The zero-order valence-corrected chi connectivity index (χ0v) is 22.9. The van der Waals surface area contributed by atoms with E-state index >= 15 is 0 Å². The molecule has 13 heteroatoms. The minimum Gasteiger partial charge on any atom is -0.478 e. The summed E-state index contributed by atoms with van der Waals surface area (Å²) in [6, 6.07) is 16.1. The van der Waals surface area contributed by atoms with Gasteiger partial charge >= 0.3 is 17.9 Å². The van der Waals surface area contributed by atoms with Gasteiger partial charge in [-0.1, -0.05) is 43.3 Å². The molecule has 0 aromatic heterocycles. The van der Waals surface area contributed by atoms with Crippen LogP contribution in [0.5, 0.6) is 0 Å². The van der Waals surface area contributed by atoms with Crippen LogP contribution in [0.15, 0.2) is 72.5 Å². The number of ether oxygens (including phenoxy) is 5. The van der Waals surface area contributed by atoms with Crippen LogP contribution in [0.4, 0.5) is 0 Å². The summed E-state index contributed by atoms with van der Waals surface area (Å²) in [6.07, 6.45) is -10.9. The van der Waals surface area contributed by atoms with E-state index in [0.717, 1.165) is 6.26 Å². The molecule has 3 aliphatic rings. The van der Waals surface area contributed by atoms with E-state index in [4.69, 9.17) is 23.7 Å². The third-order valence-corrected chi connectivity index (χ3v) is 8.09. The van der Waals surface area contributed by atoms with Gasteiger partial charge in [0.2, 0.25) is 6.29 Å². The first-order chi connectivity index (χ1) is 20.6. The van der Waals surface area contributed by atoms with Gasteiger partial charge in [-0.25, -0.2) is 14.4 Å². The van der Waals surface area contributed by atoms with Crippen LogP contribution in [0.25, 0.3) is 0 Å². The van der Waals surface area contributed by atoms with Gasteiger partial charge < -0.3 is 49.2 Å². The number of hydrogen-bond donors (Lipinski definition) is 5. The number of carbonyl (C=O) groups is 3. The highest BCUT2D eigenvalue weighted by molar-refractivity contribution is 5.91. The topological polar surface area (TPSA) is 199 Å². The van der Waals surface area contributed by atoms with Gasteiger partial charge in [-0.2, -0.15) is 0 Å². The summed E-state index contributed by atoms with van der Waals surface area (Å²) in [5.74, 6) is -5.68. The van der Waals surface area contributed by atoms with Crippen molar-refractivity contribution in [2.24, 2.45) is 17.8 Å². The molecule has 2 heterocycles. The summed E-state index contributed by atoms with van der Waals surface area (Å²) in [6.45, 7) is 0.950. The number of aliphatic hydroxyl groups excluding tert-OH is 4. The molecule has 1 saturated carbocycles. The van der Waals surface area contributed by atoms with Crippen molar-refractivity contribution in [3.63, 3.8) is 0 Å². The lowest BCUT2D eigenvalue weighted by molar-refractivity contribution is -0.342. The Labute approximate surface area is 245 Å². The summed E-state index contributed by atoms with van der Waals surface area (Å²) in [7, 11) is 0. The smallest absolute Gasteiger partial charge is 0.338 e. The van der Waals surface area contributed by atoms with Gasteiger partial charge in [-0.05, 0) is 24.3 Å². The highest BCUT2D eigenvalue weighted by Crippen LogP contribution is 2.50. The second-order valence-electron chi connectivity index (χ2n) is 10.7. The molecule has 1 aliphatic carbocycles. The van der Waals surface area contributed by atoms with Gasteiger partial charge in [0.1, 0.15) is 36.6 Å². The Kier molecular flexibility index (Phi) is 9.11. The van der Waals surface area contributed by atoms with E-state index in [0.29, 0.717) is 0 Å². The highest BCUT2D eigenvalue weighted by Gasteiger charge is 2.61. The number of esters is 2. The molecule has 1 saturated heterocycles. The second kappa shape index (κ2) is 12.8. The molecular formula is C30H32O13. The van der Waals surface area contributed by atoms with Crippen molar-refractivity contribution in [3.05, 3.63) is 83.6 Å². The monoisotopic (exact) mass is 600 g/mol. The van der Waals surface area contributed by atoms with Crippen LogP contribution in [0, 0.1) is 17.8 Å². The average Bonchev–Trinajstić information content (AvgIpc) is 3.28. The number of benzene rings is 2. The molecular weight excluding hydrogens is 568 g/mol. The molecule has 0 amide bonds. The van der Waals surface area contributed by atoms with E-state index in [1.54, 1.807) is 43.3 Å². The third-order valence-electron chi connectivity index (χ3n) is 8.09. The molecule has 5 N–H and O–H groups in total. The van der Waals surface area contributed by atoms with Crippen LogP contribution in [-0.4, -0.2) is 99.3 Å². The van der Waals surface area contributed by atoms with E-state index in [1.165, 1.54) is 24.3 Å². The summed E-state index contributed by atoms with van der Waals surface area (Å²) in [4.78, 5) is 38.8. The quantitative estimate of drug-likeness (QED) is 0.262. The Morgan fingerprint density at radius 2 is 1.35 bits per heavy atom. The number of aliphatic hydroxyl groups is 4. The summed E-state index contributed by atoms with van der Waals surface area (Å²) in [5.41, 5.74) is 0.139. The van der Waals surface area contributed by atoms with E-state index in [2.05, 4.69) is 0 Å². The fraction of sp³-hybridized carbons (Fsp3) is 0.433. The molecule has 0 radical (unpaired) electrons. The van der Waals surface area contributed by atoms with Crippen molar-refractivity contribution in [2.75, 3.05) is 6.61 Å². The molecule has 0 spiro atoms. The predicted octanol–water partition coefficient (Wildman–Crippen LogP) is 0.461. The van der Waals surface area contributed by atoms with E-state index < -0.39 is 91.5 Å². The Balaban J connectivity index is 1.49. The summed E-state index contributed by atoms with van der Waals surface area (Å²) < 4.78 is 28.8. The maximum atomic E-state index is 13.2. The number of rotatable bonds is 8. The van der Waals surface area contributed by atoms with Crippen molar-refractivity contribution < 1.29 is 63.6 Å². The molecule has 5 rings (SSSR count). The second-order valence-corrected chi connectivity index (χ2v) is 10.7. The SMILES string of the molecule is C[C@H]1[C@@H](OC(=O)c2ccccc2)[C@@H](OC(=O)c2ccccc2)[C@H]2C(C(=O)O)=CO[C@H](O[C@@H]3O[C@@H](CO)[C@@H](O)[C@@H](O)[C@H]3O)[C@@H]12. The maximum absolute atomic E-state index is 13.2. The summed E-state index contributed by atoms with van der Waals surface area (Å²) >= 11 is 0. The predicted molar refractivity (Wildman–Crippen MR) is 143 cm³/mol. The number of fused-ring (bicyclic) bond motifs is 1. The van der Waals surface area contributed by atoms with Crippen molar-refractivity contribution in [3.8, 4) is 0 Å². The van der Waals surface area contributed by atoms with Crippen molar-refractivity contribution >= 4 is 17.9 Å². The largest absolute Gasteiger partial charge is 0.478 e. The van der Waals surface area contributed by atoms with Crippen molar-refractivity contribution in [2.45, 2.75) is 56.1 Å². The first-order valence-electron chi connectivity index (χ1n) is 13.7. The van der Waals surface area contributed by atoms with Crippen molar-refractivity contribution in [1.29, 1.82) is 0 Å². The van der Waals surface area contributed by atoms with Gasteiger partial charge in [0.15, 0.2) is 6.29 Å². The standard InChI is InChI=1S/C30H32O13/c1-14-19-20(17(26(35)36)13-39-29(19)43-30-23(34)22(33)21(32)18(12-31)40-30)25(42-28(38)16-10-6-3-7-11-16)24(14)41-27(37)15-8-4-2-5-9-15/h2-11,13-14,18-25,29-34H,12H2,1H3,(H,35,36)/t14-,18+,19+,20+,21-,22-,23-,24-,25+,29-,30+/m1/s1. The molecule has 13 nitrogen and oxygen atoms in total. The van der Waals surface area contributed by atoms with Gasteiger partial charge in [0.25, 0.3) is 0 Å². The van der Waals surface area contributed by atoms with E-state index in [1.807, 2.05) is 0 Å². The number of hydrogen-bond acceptors (Lipinski definition) is 12. The number of carboxylic acid groups (broad SMARTS) is 1.